The maximum Gasteiger partial charge on any atom is 0.416 e. The number of rotatable bonds is 13. The van der Waals surface area contributed by atoms with Crippen molar-refractivity contribution >= 4 is 30.3 Å². The molecule has 0 bridgehead atoms. The van der Waals surface area contributed by atoms with Gasteiger partial charge in [-0.2, -0.15) is 4.31 Å². The summed E-state index contributed by atoms with van der Waals surface area (Å²) in [4.78, 5) is 28.5. The third-order valence-electron chi connectivity index (χ3n) is 10.4. The van der Waals surface area contributed by atoms with E-state index >= 15 is 0 Å². The van der Waals surface area contributed by atoms with Crippen LogP contribution in [-0.4, -0.2) is 77.4 Å². The van der Waals surface area contributed by atoms with Gasteiger partial charge in [-0.05, 0) is 58.4 Å². The lowest BCUT2D eigenvalue weighted by atomic mass is 9.75. The molecule has 2 aromatic carbocycles. The Morgan fingerprint density at radius 2 is 1.60 bits per heavy atom. The van der Waals surface area contributed by atoms with E-state index in [0.29, 0.717) is 25.2 Å². The molecular weight excluding hydrogens is 649 g/mol. The number of hydrogen-bond donors (Lipinski definition) is 0. The molecule has 12 heteroatoms. The zero-order valence-corrected chi connectivity index (χ0v) is 31.0. The Bertz CT molecular complexity index is 1570. The summed E-state index contributed by atoms with van der Waals surface area (Å²) in [5.41, 5.74) is 2.68. The Kier molecular flexibility index (Phi) is 11.1. The van der Waals surface area contributed by atoms with Crippen molar-refractivity contribution < 1.29 is 36.6 Å². The fraction of sp³-hybridized carbons (Fsp3) is 0.556. The average molecular weight is 699 g/mol. The first-order chi connectivity index (χ1) is 22.8. The maximum atomic E-state index is 14.5. The normalized spacial score (nSPS) is 22.1. The van der Waals surface area contributed by atoms with Gasteiger partial charge in [-0.15, -0.1) is 0 Å². The lowest BCUT2D eigenvalue weighted by molar-refractivity contribution is -0.136. The molecule has 262 valence electrons. The molecular formula is C36H50N2O8SSi. The molecule has 0 N–H and O–H groups in total. The van der Waals surface area contributed by atoms with Gasteiger partial charge in [0.15, 0.2) is 0 Å². The van der Waals surface area contributed by atoms with Crippen molar-refractivity contribution in [3.05, 3.63) is 71.5 Å². The number of allylic oxidation sites excluding steroid dienone is 1. The van der Waals surface area contributed by atoms with Gasteiger partial charge in [0.05, 0.1) is 49.5 Å². The summed E-state index contributed by atoms with van der Waals surface area (Å²) in [6, 6.07) is 15.2. The predicted octanol–water partition coefficient (Wildman–Crippen LogP) is 6.74. The summed E-state index contributed by atoms with van der Waals surface area (Å²) in [6.07, 6.45) is 0.141. The summed E-state index contributed by atoms with van der Waals surface area (Å²) >= 11 is 0. The Hall–Kier alpha value is -3.19. The zero-order valence-electron chi connectivity index (χ0n) is 29.2. The van der Waals surface area contributed by atoms with E-state index in [-0.39, 0.29) is 47.8 Å². The Labute approximate surface area is 286 Å². The molecule has 2 aliphatic heterocycles. The molecule has 0 saturated carbocycles. The van der Waals surface area contributed by atoms with Crippen LogP contribution in [0.25, 0.3) is 0 Å². The van der Waals surface area contributed by atoms with Crippen LogP contribution >= 0.6 is 0 Å². The molecule has 2 saturated heterocycles. The number of hydrogen-bond acceptors (Lipinski definition) is 8. The first kappa shape index (κ1) is 36.1. The minimum Gasteiger partial charge on any atom is -0.546 e. The van der Waals surface area contributed by atoms with Crippen molar-refractivity contribution in [3.63, 3.8) is 0 Å². The van der Waals surface area contributed by atoms with Gasteiger partial charge in [0, 0.05) is 18.9 Å². The molecule has 2 aromatic rings. The maximum absolute atomic E-state index is 14.5. The second kappa shape index (κ2) is 14.7. The SMILES string of the molecule is COc1ccc(S(=O)(=O)N2CCC3=C(O[Si](C(C)C)(C(C)C)C(C)C)C[C@H](COCc4ccccc4)[C@@H](C(=O)N4CCOC4=O)[C@@H]32)cc1. The number of carbonyl (C=O) groups is 2. The number of sulfonamides is 1. The molecule has 0 unspecified atom stereocenters. The second-order valence-corrected chi connectivity index (χ2v) is 21.2. The summed E-state index contributed by atoms with van der Waals surface area (Å²) in [6.45, 7) is 14.3. The van der Waals surface area contributed by atoms with Crippen molar-refractivity contribution in [2.24, 2.45) is 11.8 Å². The standard InChI is InChI=1S/C36H50N2O8SSi/c1-24(2)48(25(3)4,26(5)6)46-32-21-28(23-44-22-27-11-9-8-10-12-27)33(35(39)37-19-20-45-36(37)40)34-31(32)17-18-38(34)47(41,42)30-15-13-29(43-7)14-16-30/h8-16,24-26,28,33-34H,17-23H2,1-7H3/t28-,33-,34-/m1/s1. The van der Waals surface area contributed by atoms with E-state index in [1.807, 2.05) is 30.3 Å². The van der Waals surface area contributed by atoms with E-state index in [1.54, 1.807) is 12.1 Å². The summed E-state index contributed by atoms with van der Waals surface area (Å²) in [5, 5.41) is 0. The topological polar surface area (TPSA) is 112 Å². The molecule has 3 aliphatic rings. The third kappa shape index (κ3) is 6.81. The first-order valence-electron chi connectivity index (χ1n) is 17.0. The van der Waals surface area contributed by atoms with Crippen molar-refractivity contribution in [2.45, 2.75) is 88.6 Å². The van der Waals surface area contributed by atoms with E-state index in [2.05, 4.69) is 41.5 Å². The Morgan fingerprint density at radius 3 is 2.17 bits per heavy atom. The van der Waals surface area contributed by atoms with Crippen molar-refractivity contribution in [2.75, 3.05) is 33.4 Å². The molecule has 1 aliphatic carbocycles. The van der Waals surface area contributed by atoms with Gasteiger partial charge >= 0.3 is 6.09 Å². The van der Waals surface area contributed by atoms with Crippen LogP contribution in [0.3, 0.4) is 0 Å². The molecule has 2 amide bonds. The van der Waals surface area contributed by atoms with Crippen molar-refractivity contribution in [1.29, 1.82) is 0 Å². The fourth-order valence-corrected chi connectivity index (χ4v) is 15.1. The van der Waals surface area contributed by atoms with Crippen LogP contribution in [0.4, 0.5) is 4.79 Å². The summed E-state index contributed by atoms with van der Waals surface area (Å²) in [7, 11) is -5.01. The van der Waals surface area contributed by atoms with E-state index in [9.17, 15) is 18.0 Å². The molecule has 0 spiro atoms. The largest absolute Gasteiger partial charge is 0.546 e. The minimum absolute atomic E-state index is 0.105. The van der Waals surface area contributed by atoms with Gasteiger partial charge in [-0.1, -0.05) is 71.9 Å². The molecule has 3 atom stereocenters. The quantitative estimate of drug-likeness (QED) is 0.212. The van der Waals surface area contributed by atoms with E-state index in [0.717, 1.165) is 21.8 Å². The van der Waals surface area contributed by atoms with Gasteiger partial charge in [-0.25, -0.2) is 18.1 Å². The minimum atomic E-state index is -4.07. The van der Waals surface area contributed by atoms with Crippen molar-refractivity contribution in [3.8, 4) is 5.75 Å². The zero-order chi connectivity index (χ0) is 34.8. The lowest BCUT2D eigenvalue weighted by Gasteiger charge is -2.47. The van der Waals surface area contributed by atoms with Crippen LogP contribution in [0.5, 0.6) is 5.75 Å². The van der Waals surface area contributed by atoms with Crippen LogP contribution in [0.1, 0.15) is 59.9 Å². The molecule has 5 rings (SSSR count). The second-order valence-electron chi connectivity index (χ2n) is 13.9. The van der Waals surface area contributed by atoms with Crippen LogP contribution in [0.15, 0.2) is 70.8 Å². The number of fused-ring (bicyclic) bond motifs is 1. The summed E-state index contributed by atoms with van der Waals surface area (Å²) < 4.78 is 54.4. The van der Waals surface area contributed by atoms with Gasteiger partial charge in [0.1, 0.15) is 12.4 Å². The fourth-order valence-electron chi connectivity index (χ4n) is 8.15. The molecule has 0 radical (unpaired) electrons. The number of carbonyl (C=O) groups excluding carboxylic acids is 2. The monoisotopic (exact) mass is 698 g/mol. The highest BCUT2D eigenvalue weighted by Crippen LogP contribution is 2.50. The van der Waals surface area contributed by atoms with Gasteiger partial charge in [-0.3, -0.25) is 4.79 Å². The van der Waals surface area contributed by atoms with Gasteiger partial charge in [0.2, 0.25) is 15.9 Å². The summed E-state index contributed by atoms with van der Waals surface area (Å²) in [5.74, 6) is -0.445. The van der Waals surface area contributed by atoms with Gasteiger partial charge < -0.3 is 18.6 Å². The smallest absolute Gasteiger partial charge is 0.416 e. The third-order valence-corrected chi connectivity index (χ3v) is 18.3. The number of nitrogens with zero attached hydrogens (tertiary/aromatic N) is 2. The van der Waals surface area contributed by atoms with Gasteiger partial charge in [0.25, 0.3) is 8.32 Å². The Morgan fingerprint density at radius 1 is 0.958 bits per heavy atom. The number of ether oxygens (including phenoxy) is 3. The van der Waals surface area contributed by atoms with E-state index in [4.69, 9.17) is 18.6 Å². The average Bonchev–Trinajstić information content (AvgIpc) is 3.70. The molecule has 2 fully saturated rings. The highest BCUT2D eigenvalue weighted by atomic mass is 32.2. The number of benzene rings is 2. The van der Waals surface area contributed by atoms with Crippen LogP contribution < -0.4 is 4.74 Å². The molecule has 0 aromatic heterocycles. The Balaban J connectivity index is 1.63. The number of amides is 2. The molecule has 48 heavy (non-hydrogen) atoms. The molecule has 2 heterocycles. The van der Waals surface area contributed by atoms with Crippen LogP contribution in [0.2, 0.25) is 16.6 Å². The number of imide groups is 1. The number of methoxy groups -OCH3 is 1. The lowest BCUT2D eigenvalue weighted by Crippen LogP contribution is -2.54. The van der Waals surface area contributed by atoms with Crippen molar-refractivity contribution in [1.82, 2.24) is 9.21 Å². The highest BCUT2D eigenvalue weighted by molar-refractivity contribution is 7.89. The highest BCUT2D eigenvalue weighted by Gasteiger charge is 2.56. The van der Waals surface area contributed by atoms with E-state index < -0.39 is 48.2 Å². The van der Waals surface area contributed by atoms with Crippen LogP contribution in [-0.2, 0) is 35.3 Å². The predicted molar refractivity (Wildman–Crippen MR) is 185 cm³/mol. The number of cyclic esters (lactones) is 1. The molecule has 10 nitrogen and oxygen atoms in total. The first-order valence-corrected chi connectivity index (χ1v) is 20.6. The van der Waals surface area contributed by atoms with Crippen LogP contribution in [0, 0.1) is 11.8 Å². The van der Waals surface area contributed by atoms with E-state index in [1.165, 1.54) is 23.5 Å².